The molecular weight excluding hydrogens is 263 g/mol. The minimum Gasteiger partial charge on any atom is -0.366 e. The zero-order valence-electron chi connectivity index (χ0n) is 10.5. The second-order valence-corrected chi connectivity index (χ2v) is 5.27. The van der Waals surface area contributed by atoms with Gasteiger partial charge in [-0.05, 0) is 36.6 Å². The number of nitrogens with one attached hydrogen (secondary N) is 1. The zero-order chi connectivity index (χ0) is 13.8. The van der Waals surface area contributed by atoms with E-state index in [-0.39, 0.29) is 11.9 Å². The van der Waals surface area contributed by atoms with Crippen LogP contribution in [0, 0.1) is 5.82 Å². The van der Waals surface area contributed by atoms with Gasteiger partial charge in [0.1, 0.15) is 5.82 Å². The van der Waals surface area contributed by atoms with Gasteiger partial charge in [0.2, 0.25) is 5.91 Å². The molecule has 5 heteroatoms. The Kier molecular flexibility index (Phi) is 4.29. The van der Waals surface area contributed by atoms with Crippen molar-refractivity contribution in [2.75, 3.05) is 0 Å². The van der Waals surface area contributed by atoms with Crippen LogP contribution in [0.3, 0.4) is 0 Å². The normalized spacial score (nSPS) is 12.3. The smallest absolute Gasteiger partial charge is 0.248 e. The Morgan fingerprint density at radius 1 is 1.47 bits per heavy atom. The van der Waals surface area contributed by atoms with Crippen LogP contribution in [0.1, 0.15) is 33.8 Å². The minimum absolute atomic E-state index is 0.136. The monoisotopic (exact) mass is 278 g/mol. The van der Waals surface area contributed by atoms with Gasteiger partial charge in [0.15, 0.2) is 0 Å². The summed E-state index contributed by atoms with van der Waals surface area (Å²) in [5.74, 6) is -0.886. The largest absolute Gasteiger partial charge is 0.366 e. The van der Waals surface area contributed by atoms with Gasteiger partial charge in [-0.15, -0.1) is 11.3 Å². The molecule has 1 aromatic carbocycles. The summed E-state index contributed by atoms with van der Waals surface area (Å²) in [6.07, 6.45) is 0. The lowest BCUT2D eigenvalue weighted by Gasteiger charge is -2.13. The third kappa shape index (κ3) is 3.39. The SMILES string of the molecule is C[C@H](NCc1cc(C(N)=O)ccc1F)c1cccs1. The summed E-state index contributed by atoms with van der Waals surface area (Å²) >= 11 is 1.65. The zero-order valence-corrected chi connectivity index (χ0v) is 11.3. The lowest BCUT2D eigenvalue weighted by Crippen LogP contribution is -2.19. The van der Waals surface area contributed by atoms with Crippen molar-refractivity contribution in [2.24, 2.45) is 5.73 Å². The number of rotatable bonds is 5. The van der Waals surface area contributed by atoms with Crippen LogP contribution in [0.5, 0.6) is 0 Å². The molecule has 1 atom stereocenters. The summed E-state index contributed by atoms with van der Waals surface area (Å²) < 4.78 is 13.6. The maximum absolute atomic E-state index is 13.6. The van der Waals surface area contributed by atoms with Crippen molar-refractivity contribution in [3.63, 3.8) is 0 Å². The van der Waals surface area contributed by atoms with Gasteiger partial charge < -0.3 is 11.1 Å². The van der Waals surface area contributed by atoms with E-state index in [4.69, 9.17) is 5.73 Å². The molecule has 19 heavy (non-hydrogen) atoms. The first-order chi connectivity index (χ1) is 9.08. The standard InChI is InChI=1S/C14H15FN2OS/c1-9(13-3-2-6-19-13)17-8-11-7-10(14(16)18)4-5-12(11)15/h2-7,9,17H,8H2,1H3,(H2,16,18)/t9-/m0/s1. The van der Waals surface area contributed by atoms with E-state index >= 15 is 0 Å². The van der Waals surface area contributed by atoms with Gasteiger partial charge in [0.25, 0.3) is 0 Å². The van der Waals surface area contributed by atoms with E-state index in [1.54, 1.807) is 11.3 Å². The molecule has 0 aliphatic carbocycles. The molecule has 3 nitrogen and oxygen atoms in total. The van der Waals surface area contributed by atoms with Gasteiger partial charge in [0.05, 0.1) is 0 Å². The van der Waals surface area contributed by atoms with Gasteiger partial charge in [-0.25, -0.2) is 4.39 Å². The van der Waals surface area contributed by atoms with E-state index in [0.717, 1.165) is 0 Å². The average Bonchev–Trinajstić information content (AvgIpc) is 2.91. The number of halogens is 1. The van der Waals surface area contributed by atoms with Crippen LogP contribution in [0.4, 0.5) is 4.39 Å². The summed E-state index contributed by atoms with van der Waals surface area (Å²) in [7, 11) is 0. The number of amides is 1. The molecule has 0 spiro atoms. The van der Waals surface area contributed by atoms with Gasteiger partial charge in [-0.1, -0.05) is 6.07 Å². The second kappa shape index (κ2) is 5.95. The molecule has 3 N–H and O–H groups in total. The van der Waals surface area contributed by atoms with E-state index in [1.807, 2.05) is 24.4 Å². The minimum atomic E-state index is -0.549. The molecule has 0 fully saturated rings. The van der Waals surface area contributed by atoms with Crippen LogP contribution in [-0.2, 0) is 6.54 Å². The average molecular weight is 278 g/mol. The first-order valence-electron chi connectivity index (χ1n) is 5.93. The fraction of sp³-hybridized carbons (Fsp3) is 0.214. The molecule has 0 aliphatic rings. The van der Waals surface area contributed by atoms with Gasteiger partial charge in [-0.3, -0.25) is 4.79 Å². The highest BCUT2D eigenvalue weighted by Gasteiger charge is 2.10. The van der Waals surface area contributed by atoms with Crippen molar-refractivity contribution in [3.8, 4) is 0 Å². The van der Waals surface area contributed by atoms with E-state index in [0.29, 0.717) is 17.7 Å². The topological polar surface area (TPSA) is 55.1 Å². The van der Waals surface area contributed by atoms with E-state index in [9.17, 15) is 9.18 Å². The molecular formula is C14H15FN2OS. The van der Waals surface area contributed by atoms with Gasteiger partial charge >= 0.3 is 0 Å². The third-order valence-electron chi connectivity index (χ3n) is 2.90. The predicted octanol–water partition coefficient (Wildman–Crippen LogP) is 2.84. The van der Waals surface area contributed by atoms with Crippen LogP contribution in [-0.4, -0.2) is 5.91 Å². The van der Waals surface area contributed by atoms with Crippen LogP contribution >= 0.6 is 11.3 Å². The van der Waals surface area contributed by atoms with Crippen molar-refractivity contribution in [1.82, 2.24) is 5.32 Å². The molecule has 0 aliphatic heterocycles. The molecule has 1 amide bonds. The highest BCUT2D eigenvalue weighted by atomic mass is 32.1. The molecule has 100 valence electrons. The molecule has 0 unspecified atom stereocenters. The van der Waals surface area contributed by atoms with Crippen molar-refractivity contribution in [3.05, 3.63) is 57.5 Å². The number of primary amides is 1. The Morgan fingerprint density at radius 2 is 2.26 bits per heavy atom. The Balaban J connectivity index is 2.06. The number of benzene rings is 1. The first kappa shape index (κ1) is 13.7. The lowest BCUT2D eigenvalue weighted by atomic mass is 10.1. The lowest BCUT2D eigenvalue weighted by molar-refractivity contribution is 0.1000. The van der Waals surface area contributed by atoms with E-state index < -0.39 is 5.91 Å². The number of hydrogen-bond donors (Lipinski definition) is 2. The summed E-state index contributed by atoms with van der Waals surface area (Å²) in [6.45, 7) is 2.37. The number of nitrogens with two attached hydrogens (primary N) is 1. The fourth-order valence-corrected chi connectivity index (χ4v) is 2.52. The van der Waals surface area contributed by atoms with E-state index in [2.05, 4.69) is 5.32 Å². The summed E-state index contributed by atoms with van der Waals surface area (Å²) in [5.41, 5.74) is 5.95. The Morgan fingerprint density at radius 3 is 2.89 bits per heavy atom. The van der Waals surface area contributed by atoms with Crippen molar-refractivity contribution in [2.45, 2.75) is 19.5 Å². The Labute approximate surface area is 115 Å². The highest BCUT2D eigenvalue weighted by Crippen LogP contribution is 2.19. The summed E-state index contributed by atoms with van der Waals surface area (Å²) in [5, 5.41) is 5.23. The summed E-state index contributed by atoms with van der Waals surface area (Å²) in [6, 6.07) is 8.30. The maximum Gasteiger partial charge on any atom is 0.248 e. The Hall–Kier alpha value is -1.72. The van der Waals surface area contributed by atoms with Crippen LogP contribution in [0.25, 0.3) is 0 Å². The highest BCUT2D eigenvalue weighted by molar-refractivity contribution is 7.10. The molecule has 0 bridgehead atoms. The fourth-order valence-electron chi connectivity index (χ4n) is 1.76. The molecule has 0 radical (unpaired) electrons. The number of carbonyl (C=O) groups excluding carboxylic acids is 1. The number of thiophene rings is 1. The Bertz CT molecular complexity index is 569. The second-order valence-electron chi connectivity index (χ2n) is 4.29. The maximum atomic E-state index is 13.6. The van der Waals surface area contributed by atoms with Crippen LogP contribution in [0.15, 0.2) is 35.7 Å². The van der Waals surface area contributed by atoms with Crippen molar-refractivity contribution >= 4 is 17.2 Å². The molecule has 1 heterocycles. The summed E-state index contributed by atoms with van der Waals surface area (Å²) in [4.78, 5) is 12.3. The molecule has 2 aromatic rings. The molecule has 0 saturated heterocycles. The van der Waals surface area contributed by atoms with Crippen LogP contribution in [0.2, 0.25) is 0 Å². The quantitative estimate of drug-likeness (QED) is 0.883. The number of carbonyl (C=O) groups is 1. The van der Waals surface area contributed by atoms with Crippen molar-refractivity contribution in [1.29, 1.82) is 0 Å². The van der Waals surface area contributed by atoms with Gasteiger partial charge in [-0.2, -0.15) is 0 Å². The number of hydrogen-bond acceptors (Lipinski definition) is 3. The van der Waals surface area contributed by atoms with Gasteiger partial charge in [0, 0.05) is 28.6 Å². The molecule has 0 saturated carbocycles. The first-order valence-corrected chi connectivity index (χ1v) is 6.81. The predicted molar refractivity (Wildman–Crippen MR) is 74.5 cm³/mol. The van der Waals surface area contributed by atoms with E-state index in [1.165, 1.54) is 23.1 Å². The molecule has 2 rings (SSSR count). The third-order valence-corrected chi connectivity index (χ3v) is 3.95. The van der Waals surface area contributed by atoms with Crippen LogP contribution < -0.4 is 11.1 Å². The molecule has 1 aromatic heterocycles. The van der Waals surface area contributed by atoms with Crippen molar-refractivity contribution < 1.29 is 9.18 Å².